The second-order valence-electron chi connectivity index (χ2n) is 10.6. The summed E-state index contributed by atoms with van der Waals surface area (Å²) in [6.45, 7) is 6.02. The number of carbonyl (C=O) groups is 3. The van der Waals surface area contributed by atoms with Gasteiger partial charge in [-0.25, -0.2) is 9.48 Å². The summed E-state index contributed by atoms with van der Waals surface area (Å²) >= 11 is 1.51. The van der Waals surface area contributed by atoms with Gasteiger partial charge in [-0.1, -0.05) is 13.8 Å². The standard InChI is InChI=1S/C23H33N9O4S/c1-11(5-14(33)9-31-10-27-28-29-31)17-18-12(2)20(19(23(35)36)32(18)22(17)34)37-15-6-16(26-7-15)21(25)30-4-3-13(24)8-30/h10-13,15-18,25-26H,3-9,24H2,1-2H3,(H,35,36)/t11-,12+,13+,15-,16-,17+,18+/m0/s1. The Bertz CT molecular complexity index is 1130. The van der Waals surface area contributed by atoms with Crippen LogP contribution in [-0.4, -0.2) is 102 Å². The number of amidine groups is 1. The third kappa shape index (κ3) is 4.77. The van der Waals surface area contributed by atoms with E-state index < -0.39 is 11.9 Å². The van der Waals surface area contributed by atoms with Gasteiger partial charge in [-0.05, 0) is 29.2 Å². The number of nitrogens with zero attached hydrogens (tertiary/aromatic N) is 6. The minimum Gasteiger partial charge on any atom is -0.477 e. The largest absolute Gasteiger partial charge is 0.477 e. The summed E-state index contributed by atoms with van der Waals surface area (Å²) in [6.07, 6.45) is 3.15. The maximum atomic E-state index is 13.2. The lowest BCUT2D eigenvalue weighted by molar-refractivity contribution is -0.160. The third-order valence-corrected chi connectivity index (χ3v) is 9.48. The van der Waals surface area contributed by atoms with Crippen LogP contribution in [0.15, 0.2) is 16.9 Å². The van der Waals surface area contributed by atoms with Gasteiger partial charge < -0.3 is 26.0 Å². The number of nitrogens with two attached hydrogens (primary N) is 1. The van der Waals surface area contributed by atoms with Crippen LogP contribution in [0.4, 0.5) is 0 Å². The Morgan fingerprint density at radius 1 is 1.41 bits per heavy atom. The van der Waals surface area contributed by atoms with Crippen molar-refractivity contribution in [2.24, 2.45) is 23.5 Å². The van der Waals surface area contributed by atoms with Gasteiger partial charge in [0.2, 0.25) is 5.91 Å². The summed E-state index contributed by atoms with van der Waals surface area (Å²) in [7, 11) is 0. The van der Waals surface area contributed by atoms with Crippen molar-refractivity contribution in [2.45, 2.75) is 63.0 Å². The molecule has 14 heteroatoms. The normalized spacial score (nSPS) is 32.0. The molecule has 0 saturated carbocycles. The predicted octanol–water partition coefficient (Wildman–Crippen LogP) is -0.485. The molecule has 5 N–H and O–H groups in total. The number of aliphatic carboxylic acids is 1. The van der Waals surface area contributed by atoms with Crippen molar-refractivity contribution >= 4 is 35.3 Å². The van der Waals surface area contributed by atoms with Crippen LogP contribution < -0.4 is 11.1 Å². The van der Waals surface area contributed by atoms with Gasteiger partial charge in [0.15, 0.2) is 5.78 Å². The van der Waals surface area contributed by atoms with Gasteiger partial charge in [-0.2, -0.15) is 0 Å². The van der Waals surface area contributed by atoms with Gasteiger partial charge in [-0.15, -0.1) is 16.9 Å². The molecular formula is C23H33N9O4S. The number of amides is 1. The molecule has 7 atom stereocenters. The van der Waals surface area contributed by atoms with E-state index in [1.54, 1.807) is 0 Å². The molecular weight excluding hydrogens is 498 g/mol. The zero-order valence-electron chi connectivity index (χ0n) is 20.9. The van der Waals surface area contributed by atoms with Crippen LogP contribution >= 0.6 is 11.8 Å². The number of hydrogen-bond donors (Lipinski definition) is 4. The molecule has 5 rings (SSSR count). The number of tetrazole rings is 1. The molecule has 0 unspecified atom stereocenters. The molecule has 3 saturated heterocycles. The molecule has 1 aromatic rings. The smallest absolute Gasteiger partial charge is 0.353 e. The Balaban J connectivity index is 1.23. The van der Waals surface area contributed by atoms with Crippen molar-refractivity contribution in [3.8, 4) is 0 Å². The lowest BCUT2D eigenvalue weighted by Gasteiger charge is -2.47. The number of nitrogens with one attached hydrogen (secondary N) is 2. The highest BCUT2D eigenvalue weighted by molar-refractivity contribution is 8.03. The molecule has 0 aliphatic carbocycles. The van der Waals surface area contributed by atoms with Gasteiger partial charge in [0.25, 0.3) is 0 Å². The molecule has 0 radical (unpaired) electrons. The van der Waals surface area contributed by atoms with Gasteiger partial charge in [-0.3, -0.25) is 15.0 Å². The van der Waals surface area contributed by atoms with E-state index in [4.69, 9.17) is 11.1 Å². The number of carboxylic acid groups (broad SMARTS) is 1. The first-order chi connectivity index (χ1) is 17.7. The van der Waals surface area contributed by atoms with E-state index in [9.17, 15) is 19.5 Å². The number of β-lactam (4-membered cyclic amide) rings is 1. The first kappa shape index (κ1) is 25.8. The highest BCUT2D eigenvalue weighted by Crippen LogP contribution is 2.53. The average Bonchev–Trinajstić information content (AvgIpc) is 3.63. The number of aromatic nitrogens is 4. The number of rotatable bonds is 9. The second kappa shape index (κ2) is 10.1. The Morgan fingerprint density at radius 2 is 2.19 bits per heavy atom. The number of carboxylic acids is 1. The second-order valence-corrected chi connectivity index (χ2v) is 11.9. The Hall–Kier alpha value is -2.84. The summed E-state index contributed by atoms with van der Waals surface area (Å²) < 4.78 is 1.35. The van der Waals surface area contributed by atoms with Crippen LogP contribution in [-0.2, 0) is 20.9 Å². The molecule has 1 aromatic heterocycles. The fourth-order valence-electron chi connectivity index (χ4n) is 6.16. The topological polar surface area (TPSA) is 183 Å². The van der Waals surface area contributed by atoms with Crippen LogP contribution in [0, 0.1) is 23.2 Å². The Labute approximate surface area is 218 Å². The van der Waals surface area contributed by atoms with Gasteiger partial charge in [0.1, 0.15) is 24.4 Å². The van der Waals surface area contributed by atoms with Crippen molar-refractivity contribution in [3.63, 3.8) is 0 Å². The molecule has 13 nitrogen and oxygen atoms in total. The molecule has 3 fully saturated rings. The fourth-order valence-corrected chi connectivity index (χ4v) is 7.64. The van der Waals surface area contributed by atoms with E-state index in [0.717, 1.165) is 13.0 Å². The summed E-state index contributed by atoms with van der Waals surface area (Å²) in [5.41, 5.74) is 6.07. The molecule has 200 valence electrons. The fraction of sp³-hybridized carbons (Fsp3) is 0.696. The van der Waals surface area contributed by atoms with Crippen molar-refractivity contribution < 1.29 is 19.5 Å². The highest BCUT2D eigenvalue weighted by Gasteiger charge is 2.60. The van der Waals surface area contributed by atoms with Crippen molar-refractivity contribution in [1.29, 1.82) is 5.41 Å². The summed E-state index contributed by atoms with van der Waals surface area (Å²) in [5, 5.41) is 32.9. The summed E-state index contributed by atoms with van der Waals surface area (Å²) in [4.78, 5) is 42.1. The molecule has 0 spiro atoms. The number of likely N-dealkylation sites (tertiary alicyclic amines) is 1. The van der Waals surface area contributed by atoms with Crippen molar-refractivity contribution in [2.75, 3.05) is 19.6 Å². The van der Waals surface area contributed by atoms with Gasteiger partial charge in [0.05, 0.1) is 18.0 Å². The Kier molecular flexibility index (Phi) is 7.07. The third-order valence-electron chi connectivity index (χ3n) is 7.96. The number of ketones is 1. The van der Waals surface area contributed by atoms with Gasteiger partial charge in [0, 0.05) is 48.2 Å². The van der Waals surface area contributed by atoms with E-state index in [-0.39, 0.29) is 65.6 Å². The average molecular weight is 532 g/mol. The van der Waals surface area contributed by atoms with Crippen LogP contribution in [0.1, 0.15) is 33.1 Å². The number of Topliss-reactive ketones (excluding diaryl/α,β-unsaturated/α-hetero) is 1. The molecule has 0 bridgehead atoms. The molecule has 1 amide bonds. The quantitative estimate of drug-likeness (QED) is 0.183. The van der Waals surface area contributed by atoms with Crippen LogP contribution in [0.2, 0.25) is 0 Å². The summed E-state index contributed by atoms with van der Waals surface area (Å²) in [5.74, 6) is -1.67. The molecule has 4 aliphatic heterocycles. The van der Waals surface area contributed by atoms with E-state index in [1.165, 1.54) is 27.7 Å². The molecule has 4 aliphatic rings. The predicted molar refractivity (Wildman–Crippen MR) is 134 cm³/mol. The zero-order chi connectivity index (χ0) is 26.4. The lowest BCUT2D eigenvalue weighted by atomic mass is 9.73. The summed E-state index contributed by atoms with van der Waals surface area (Å²) in [6, 6.07) is -0.265. The van der Waals surface area contributed by atoms with E-state index in [0.29, 0.717) is 30.3 Å². The maximum absolute atomic E-state index is 13.2. The monoisotopic (exact) mass is 531 g/mol. The van der Waals surface area contributed by atoms with E-state index in [2.05, 4.69) is 20.8 Å². The van der Waals surface area contributed by atoms with Crippen molar-refractivity contribution in [3.05, 3.63) is 16.9 Å². The first-order valence-electron chi connectivity index (χ1n) is 12.7. The minimum absolute atomic E-state index is 0.0378. The number of fused-ring (bicyclic) bond motifs is 1. The van der Waals surface area contributed by atoms with Crippen LogP contribution in [0.3, 0.4) is 0 Å². The van der Waals surface area contributed by atoms with E-state index >= 15 is 0 Å². The molecule has 0 aromatic carbocycles. The van der Waals surface area contributed by atoms with Crippen molar-refractivity contribution in [1.82, 2.24) is 35.3 Å². The highest BCUT2D eigenvalue weighted by atomic mass is 32.2. The van der Waals surface area contributed by atoms with Crippen LogP contribution in [0.25, 0.3) is 0 Å². The number of hydrogen-bond acceptors (Lipinski definition) is 10. The minimum atomic E-state index is -1.10. The first-order valence-corrected chi connectivity index (χ1v) is 13.6. The maximum Gasteiger partial charge on any atom is 0.353 e. The zero-order valence-corrected chi connectivity index (χ0v) is 21.7. The number of carbonyl (C=O) groups excluding carboxylic acids is 2. The van der Waals surface area contributed by atoms with Crippen LogP contribution in [0.5, 0.6) is 0 Å². The Morgan fingerprint density at radius 3 is 2.84 bits per heavy atom. The molecule has 37 heavy (non-hydrogen) atoms. The number of thioether (sulfide) groups is 1. The SMILES string of the molecule is C[C@@H](CC(=O)Cn1cnnn1)[C@H]1C(=O)N2C(C(=O)O)=C(S[C@@H]3CN[C@H](C(=N)N4CC[C@@H](N)C4)C3)[C@H](C)[C@H]12. The molecule has 5 heterocycles. The lowest BCUT2D eigenvalue weighted by Crippen LogP contribution is -2.62. The van der Waals surface area contributed by atoms with Gasteiger partial charge >= 0.3 is 5.97 Å². The van der Waals surface area contributed by atoms with E-state index in [1.807, 2.05) is 18.7 Å².